The Morgan fingerprint density at radius 3 is 3.09 bits per heavy atom. The van der Waals surface area contributed by atoms with E-state index >= 15 is 0 Å². The fourth-order valence-corrected chi connectivity index (χ4v) is 1.27. The van der Waals surface area contributed by atoms with Gasteiger partial charge in [0, 0.05) is 6.20 Å². The van der Waals surface area contributed by atoms with Gasteiger partial charge < -0.3 is 5.73 Å². The average molecular weight is 149 g/mol. The third-order valence-electron chi connectivity index (χ3n) is 1.70. The van der Waals surface area contributed by atoms with Crippen molar-refractivity contribution < 1.29 is 0 Å². The first-order chi connectivity index (χ1) is 5.17. The van der Waals surface area contributed by atoms with Crippen LogP contribution in [0.5, 0.6) is 0 Å². The van der Waals surface area contributed by atoms with Crippen molar-refractivity contribution in [1.29, 1.82) is 0 Å². The van der Waals surface area contributed by atoms with Crippen molar-refractivity contribution in [2.75, 3.05) is 0 Å². The first kappa shape index (κ1) is 6.64. The molecule has 0 radical (unpaired) electrons. The number of fused-ring (bicyclic) bond motifs is 1. The Bertz CT molecular complexity index is 261. The first-order valence-corrected chi connectivity index (χ1v) is 3.61. The van der Waals surface area contributed by atoms with Gasteiger partial charge in [0.05, 0.1) is 5.70 Å². The van der Waals surface area contributed by atoms with Crippen molar-refractivity contribution in [2.45, 2.75) is 12.6 Å². The lowest BCUT2D eigenvalue weighted by atomic mass is 10.2. The van der Waals surface area contributed by atoms with Crippen LogP contribution in [0.1, 0.15) is 6.92 Å². The molecule has 0 aromatic rings. The Morgan fingerprint density at radius 1 is 1.55 bits per heavy atom. The van der Waals surface area contributed by atoms with Gasteiger partial charge >= 0.3 is 0 Å². The summed E-state index contributed by atoms with van der Waals surface area (Å²) in [6, 6.07) is 0. The molecular formula is C8H11N3. The van der Waals surface area contributed by atoms with Crippen LogP contribution in [0.25, 0.3) is 0 Å². The monoisotopic (exact) mass is 149 g/mol. The number of nitrogens with two attached hydrogens (primary N) is 1. The van der Waals surface area contributed by atoms with Gasteiger partial charge in [-0.25, -0.2) is 5.43 Å². The molecule has 3 heteroatoms. The van der Waals surface area contributed by atoms with Crippen LogP contribution in [0.3, 0.4) is 0 Å². The highest BCUT2D eigenvalue weighted by Gasteiger charge is 2.26. The Kier molecular flexibility index (Phi) is 1.19. The molecule has 0 spiro atoms. The zero-order valence-electron chi connectivity index (χ0n) is 6.41. The molecule has 11 heavy (non-hydrogen) atoms. The lowest BCUT2D eigenvalue weighted by Gasteiger charge is -2.22. The maximum Gasteiger partial charge on any atom is 0.103 e. The third kappa shape index (κ3) is 1.08. The van der Waals surface area contributed by atoms with Gasteiger partial charge in [-0.2, -0.15) is 0 Å². The molecule has 2 heterocycles. The van der Waals surface area contributed by atoms with Gasteiger partial charge in [0.15, 0.2) is 0 Å². The van der Waals surface area contributed by atoms with Crippen LogP contribution in [-0.2, 0) is 0 Å². The summed E-state index contributed by atoms with van der Waals surface area (Å²) in [6.07, 6.45) is 9.92. The number of nitrogens with one attached hydrogen (secondary N) is 1. The highest BCUT2D eigenvalue weighted by molar-refractivity contribution is 5.33. The second-order valence-electron chi connectivity index (χ2n) is 3.03. The van der Waals surface area contributed by atoms with Gasteiger partial charge in [-0.3, -0.25) is 5.01 Å². The molecule has 1 atom stereocenters. The molecule has 2 aliphatic rings. The predicted molar refractivity (Wildman–Crippen MR) is 43.9 cm³/mol. The minimum Gasteiger partial charge on any atom is -0.309 e. The Labute approximate surface area is 65.8 Å². The predicted octanol–water partition coefficient (Wildman–Crippen LogP) is 0.449. The maximum atomic E-state index is 5.84. The molecule has 0 aromatic heterocycles. The van der Waals surface area contributed by atoms with E-state index < -0.39 is 5.66 Å². The van der Waals surface area contributed by atoms with Gasteiger partial charge in [-0.1, -0.05) is 6.08 Å². The van der Waals surface area contributed by atoms with Gasteiger partial charge in [0.1, 0.15) is 5.66 Å². The van der Waals surface area contributed by atoms with Crippen LogP contribution >= 0.6 is 0 Å². The van der Waals surface area contributed by atoms with Gasteiger partial charge in [0.2, 0.25) is 0 Å². The normalized spacial score (nSPS) is 34.0. The standard InChI is InChI=1S/C8H11N3/c1-8(9)6-7-4-2-3-5-11(7)10-8/h2-6,10H,9H2,1H3. The summed E-state index contributed by atoms with van der Waals surface area (Å²) in [4.78, 5) is 0. The van der Waals surface area contributed by atoms with E-state index in [4.69, 9.17) is 5.73 Å². The van der Waals surface area contributed by atoms with E-state index in [1.54, 1.807) is 0 Å². The summed E-state index contributed by atoms with van der Waals surface area (Å²) in [5.74, 6) is 0. The lowest BCUT2D eigenvalue weighted by molar-refractivity contribution is 0.289. The van der Waals surface area contributed by atoms with Crippen LogP contribution in [0.2, 0.25) is 0 Å². The number of hydrazine groups is 1. The number of hydrogen-bond acceptors (Lipinski definition) is 3. The molecule has 58 valence electrons. The van der Waals surface area contributed by atoms with E-state index in [0.717, 1.165) is 5.70 Å². The average Bonchev–Trinajstić information content (AvgIpc) is 2.21. The summed E-state index contributed by atoms with van der Waals surface area (Å²) in [5.41, 5.74) is 9.65. The minimum absolute atomic E-state index is 0.408. The molecule has 2 aliphatic heterocycles. The molecule has 0 saturated carbocycles. The zero-order chi connectivity index (χ0) is 7.90. The Balaban J connectivity index is 2.33. The number of nitrogens with zero attached hydrogens (tertiary/aromatic N) is 1. The Morgan fingerprint density at radius 2 is 2.36 bits per heavy atom. The minimum atomic E-state index is -0.408. The molecule has 0 fully saturated rings. The van der Waals surface area contributed by atoms with Crippen LogP contribution in [-0.4, -0.2) is 10.7 Å². The molecule has 3 nitrogen and oxygen atoms in total. The van der Waals surface area contributed by atoms with Crippen LogP contribution in [0.15, 0.2) is 36.2 Å². The molecule has 1 unspecified atom stereocenters. The third-order valence-corrected chi connectivity index (χ3v) is 1.70. The molecule has 3 N–H and O–H groups in total. The van der Waals surface area contributed by atoms with Crippen LogP contribution < -0.4 is 11.2 Å². The van der Waals surface area contributed by atoms with Gasteiger partial charge in [0.25, 0.3) is 0 Å². The van der Waals surface area contributed by atoms with Crippen molar-refractivity contribution in [3.05, 3.63) is 36.2 Å². The van der Waals surface area contributed by atoms with E-state index in [0.29, 0.717) is 0 Å². The zero-order valence-corrected chi connectivity index (χ0v) is 6.41. The molecular weight excluding hydrogens is 138 g/mol. The van der Waals surface area contributed by atoms with Gasteiger partial charge in [-0.05, 0) is 25.2 Å². The fourth-order valence-electron chi connectivity index (χ4n) is 1.27. The molecule has 0 saturated heterocycles. The van der Waals surface area contributed by atoms with Crippen molar-refractivity contribution >= 4 is 0 Å². The Hall–Kier alpha value is -1.06. The van der Waals surface area contributed by atoms with Crippen LogP contribution in [0.4, 0.5) is 0 Å². The van der Waals surface area contributed by atoms with Crippen LogP contribution in [0, 0.1) is 0 Å². The highest BCUT2D eigenvalue weighted by atomic mass is 15.6. The van der Waals surface area contributed by atoms with E-state index in [9.17, 15) is 0 Å². The molecule has 0 amide bonds. The van der Waals surface area contributed by atoms with E-state index in [2.05, 4.69) is 5.43 Å². The molecule has 2 rings (SSSR count). The summed E-state index contributed by atoms with van der Waals surface area (Å²) < 4.78 is 0. The van der Waals surface area contributed by atoms with Gasteiger partial charge in [-0.15, -0.1) is 0 Å². The lowest BCUT2D eigenvalue weighted by Crippen LogP contribution is -2.49. The van der Waals surface area contributed by atoms with E-state index in [1.165, 1.54) is 0 Å². The number of rotatable bonds is 0. The van der Waals surface area contributed by atoms with Crippen molar-refractivity contribution in [3.8, 4) is 0 Å². The first-order valence-electron chi connectivity index (χ1n) is 3.61. The summed E-state index contributed by atoms with van der Waals surface area (Å²) >= 11 is 0. The second-order valence-corrected chi connectivity index (χ2v) is 3.03. The quantitative estimate of drug-likeness (QED) is 0.525. The molecule has 0 aromatic carbocycles. The SMILES string of the molecule is CC1(N)C=C2C=CC=CN2N1. The number of hydrogen-bond donors (Lipinski definition) is 2. The molecule has 0 aliphatic carbocycles. The maximum absolute atomic E-state index is 5.84. The largest absolute Gasteiger partial charge is 0.309 e. The summed E-state index contributed by atoms with van der Waals surface area (Å²) in [7, 11) is 0. The topological polar surface area (TPSA) is 41.3 Å². The second kappa shape index (κ2) is 1.96. The van der Waals surface area contributed by atoms with Crippen molar-refractivity contribution in [2.24, 2.45) is 5.73 Å². The smallest absolute Gasteiger partial charge is 0.103 e. The number of allylic oxidation sites excluding steroid dienone is 3. The fraction of sp³-hybridized carbons (Fsp3) is 0.250. The van der Waals surface area contributed by atoms with Crippen molar-refractivity contribution in [3.63, 3.8) is 0 Å². The summed E-state index contributed by atoms with van der Waals surface area (Å²) in [5, 5.41) is 1.92. The van der Waals surface area contributed by atoms with E-state index in [1.807, 2.05) is 42.4 Å². The molecule has 0 bridgehead atoms. The van der Waals surface area contributed by atoms with Crippen molar-refractivity contribution in [1.82, 2.24) is 10.4 Å². The highest BCUT2D eigenvalue weighted by Crippen LogP contribution is 2.20. The van der Waals surface area contributed by atoms with E-state index in [-0.39, 0.29) is 0 Å². The summed E-state index contributed by atoms with van der Waals surface area (Å²) in [6.45, 7) is 1.93.